The van der Waals surface area contributed by atoms with Gasteiger partial charge in [-0.05, 0) is 142 Å². The van der Waals surface area contributed by atoms with Crippen LogP contribution < -0.4 is 18.9 Å². The Balaban J connectivity index is 0.000000167. The number of aryl methyl sites for hydroxylation is 4. The summed E-state index contributed by atoms with van der Waals surface area (Å²) in [5, 5.41) is 2.82. The lowest BCUT2D eigenvalue weighted by atomic mass is 9.83. The zero-order valence-corrected chi connectivity index (χ0v) is 32.8. The first-order chi connectivity index (χ1) is 26.4. The number of nitrogens with one attached hydrogen (secondary N) is 2. The predicted molar refractivity (Wildman–Crippen MR) is 222 cm³/mol. The van der Waals surface area contributed by atoms with E-state index in [4.69, 9.17) is 18.9 Å². The van der Waals surface area contributed by atoms with E-state index in [1.807, 2.05) is 6.07 Å². The molecule has 0 aliphatic heterocycles. The molecule has 8 rings (SSSR count). The van der Waals surface area contributed by atoms with E-state index < -0.39 is 0 Å². The number of methoxy groups -OCH3 is 2. The predicted octanol–water partition coefficient (Wildman–Crippen LogP) is 11.6. The van der Waals surface area contributed by atoms with Crippen molar-refractivity contribution in [3.8, 4) is 23.0 Å². The van der Waals surface area contributed by atoms with E-state index in [9.17, 15) is 0 Å². The molecule has 0 saturated carbocycles. The summed E-state index contributed by atoms with van der Waals surface area (Å²) in [6, 6.07) is 26.1. The van der Waals surface area contributed by atoms with Gasteiger partial charge in [-0.2, -0.15) is 0 Å². The lowest BCUT2D eigenvalue weighted by molar-refractivity contribution is 0.294. The van der Waals surface area contributed by atoms with Crippen LogP contribution in [0.5, 0.6) is 23.0 Å². The van der Waals surface area contributed by atoms with Gasteiger partial charge in [-0.1, -0.05) is 55.0 Å². The maximum Gasteiger partial charge on any atom is 0.161 e. The van der Waals surface area contributed by atoms with Crippen molar-refractivity contribution >= 4 is 21.8 Å². The number of hydrogen-bond donors (Lipinski definition) is 2. The van der Waals surface area contributed by atoms with Gasteiger partial charge in [-0.3, -0.25) is 0 Å². The summed E-state index contributed by atoms with van der Waals surface area (Å²) in [5.41, 5.74) is 13.7. The van der Waals surface area contributed by atoms with E-state index in [1.165, 1.54) is 105 Å². The number of aromatic nitrogens is 2. The normalized spacial score (nSPS) is 16.2. The van der Waals surface area contributed by atoms with Crippen LogP contribution in [0.15, 0.2) is 85.5 Å². The number of ether oxygens (including phenoxy) is 4. The Morgan fingerprint density at radius 2 is 1.15 bits per heavy atom. The fraction of sp³-hybridized carbons (Fsp3) is 0.375. The van der Waals surface area contributed by atoms with Gasteiger partial charge in [-0.15, -0.1) is 0 Å². The third-order valence-corrected chi connectivity index (χ3v) is 11.2. The lowest BCUT2D eigenvalue weighted by Crippen LogP contribution is -2.12. The molecule has 6 heteroatoms. The molecule has 0 bridgehead atoms. The van der Waals surface area contributed by atoms with Gasteiger partial charge >= 0.3 is 0 Å². The Hall–Kier alpha value is -5.10. The van der Waals surface area contributed by atoms with E-state index in [2.05, 4.69) is 104 Å². The van der Waals surface area contributed by atoms with Gasteiger partial charge in [0.05, 0.1) is 20.8 Å². The van der Waals surface area contributed by atoms with Gasteiger partial charge in [0.1, 0.15) is 6.61 Å². The van der Waals surface area contributed by atoms with Crippen molar-refractivity contribution in [1.82, 2.24) is 9.97 Å². The van der Waals surface area contributed by atoms with Crippen LogP contribution in [0, 0.1) is 13.8 Å². The molecular formula is C48H56N2O4. The number of H-pyrrole nitrogens is 2. The van der Waals surface area contributed by atoms with Gasteiger partial charge in [0.15, 0.2) is 23.0 Å². The minimum Gasteiger partial charge on any atom is -0.493 e. The summed E-state index contributed by atoms with van der Waals surface area (Å²) in [6.45, 7) is 11.4. The maximum absolute atomic E-state index is 5.80. The number of rotatable bonds is 12. The first-order valence-corrected chi connectivity index (χ1v) is 19.8. The largest absolute Gasteiger partial charge is 0.493 e. The van der Waals surface area contributed by atoms with Gasteiger partial charge < -0.3 is 28.9 Å². The summed E-state index contributed by atoms with van der Waals surface area (Å²) in [4.78, 5) is 7.44. The quantitative estimate of drug-likeness (QED) is 0.123. The molecule has 2 heterocycles. The van der Waals surface area contributed by atoms with Gasteiger partial charge in [0, 0.05) is 45.0 Å². The average Bonchev–Trinajstić information content (AvgIpc) is 3.76. The molecule has 2 unspecified atom stereocenters. The first-order valence-electron chi connectivity index (χ1n) is 19.8. The van der Waals surface area contributed by atoms with Crippen LogP contribution in [-0.4, -0.2) is 37.4 Å². The second kappa shape index (κ2) is 16.9. The molecule has 4 aromatic carbocycles. The van der Waals surface area contributed by atoms with Crippen molar-refractivity contribution in [1.29, 1.82) is 0 Å². The fourth-order valence-corrected chi connectivity index (χ4v) is 8.59. The van der Waals surface area contributed by atoms with E-state index in [1.54, 1.807) is 20.3 Å². The molecule has 2 N–H and O–H groups in total. The monoisotopic (exact) mass is 724 g/mol. The maximum atomic E-state index is 5.80. The SMILES string of the molecule is C=CCOc1ccc(CC2CCCc3c2[nH]c2ccc(C)cc32)cc1OC.CCCOc1ccc(CC2CCCc3c2[nH]c2ccc(C)cc32)cc1OC. The average molecular weight is 725 g/mol. The molecule has 2 atom stereocenters. The van der Waals surface area contributed by atoms with Crippen LogP contribution in [0.2, 0.25) is 0 Å². The molecule has 0 spiro atoms. The van der Waals surface area contributed by atoms with E-state index in [0.717, 1.165) is 48.9 Å². The smallest absolute Gasteiger partial charge is 0.161 e. The molecule has 0 fully saturated rings. The highest BCUT2D eigenvalue weighted by Gasteiger charge is 2.26. The van der Waals surface area contributed by atoms with E-state index in [-0.39, 0.29) is 0 Å². The van der Waals surface area contributed by atoms with E-state index >= 15 is 0 Å². The van der Waals surface area contributed by atoms with Crippen LogP contribution in [0.4, 0.5) is 0 Å². The minimum atomic E-state index is 0.482. The van der Waals surface area contributed by atoms with Crippen LogP contribution in [0.25, 0.3) is 21.8 Å². The second-order valence-electron chi connectivity index (χ2n) is 15.1. The van der Waals surface area contributed by atoms with Crippen molar-refractivity contribution in [2.75, 3.05) is 27.4 Å². The highest BCUT2D eigenvalue weighted by atomic mass is 16.5. The zero-order chi connectivity index (χ0) is 37.6. The minimum absolute atomic E-state index is 0.482. The third-order valence-electron chi connectivity index (χ3n) is 11.2. The molecule has 2 aromatic heterocycles. The summed E-state index contributed by atoms with van der Waals surface area (Å²) >= 11 is 0. The number of fused-ring (bicyclic) bond motifs is 6. The van der Waals surface area contributed by atoms with Crippen molar-refractivity contribution < 1.29 is 18.9 Å². The molecule has 0 amide bonds. The highest BCUT2D eigenvalue weighted by molar-refractivity contribution is 5.86. The highest BCUT2D eigenvalue weighted by Crippen LogP contribution is 2.41. The van der Waals surface area contributed by atoms with Crippen molar-refractivity contribution in [3.05, 3.63) is 130 Å². The summed E-state index contributed by atoms with van der Waals surface area (Å²) in [7, 11) is 3.41. The Kier molecular flexibility index (Phi) is 11.7. The first kappa shape index (κ1) is 37.2. The lowest BCUT2D eigenvalue weighted by Gasteiger charge is -2.23. The van der Waals surface area contributed by atoms with Crippen molar-refractivity contribution in [2.45, 2.75) is 90.4 Å². The number of hydrogen-bond acceptors (Lipinski definition) is 4. The molecule has 6 aromatic rings. The van der Waals surface area contributed by atoms with Crippen LogP contribution in [0.3, 0.4) is 0 Å². The van der Waals surface area contributed by atoms with Gasteiger partial charge in [0.2, 0.25) is 0 Å². The van der Waals surface area contributed by atoms with Crippen LogP contribution in [-0.2, 0) is 25.7 Å². The number of aromatic amines is 2. The molecule has 0 radical (unpaired) electrons. The van der Waals surface area contributed by atoms with Crippen molar-refractivity contribution in [3.63, 3.8) is 0 Å². The fourth-order valence-electron chi connectivity index (χ4n) is 8.59. The third kappa shape index (κ3) is 8.03. The molecule has 282 valence electrons. The Morgan fingerprint density at radius 3 is 1.61 bits per heavy atom. The van der Waals surface area contributed by atoms with Crippen molar-refractivity contribution in [2.24, 2.45) is 0 Å². The Morgan fingerprint density at radius 1 is 0.648 bits per heavy atom. The topological polar surface area (TPSA) is 68.5 Å². The molecule has 0 saturated heterocycles. The molecule has 2 aliphatic carbocycles. The Labute approximate surface area is 320 Å². The van der Waals surface area contributed by atoms with Crippen LogP contribution >= 0.6 is 0 Å². The number of benzene rings is 4. The Bertz CT molecular complexity index is 2230. The standard InChI is InChI=1S/C24H29NO2.C24H27NO2/c2*1-4-12-27-22-11-9-17(15-23(22)26-3)14-18-6-5-7-19-20-13-16(2)8-10-21(20)25-24(18)19/h8-11,13,15,18,25H,4-7,12,14H2,1-3H3;4,8-11,13,15,18,25H,1,5-7,12,14H2,2-3H3. The summed E-state index contributed by atoms with van der Waals surface area (Å²) in [6.07, 6.45) is 12.1. The van der Waals surface area contributed by atoms with Crippen LogP contribution in [0.1, 0.15) is 95.6 Å². The molecule has 6 nitrogen and oxygen atoms in total. The van der Waals surface area contributed by atoms with Gasteiger partial charge in [0.25, 0.3) is 0 Å². The summed E-state index contributed by atoms with van der Waals surface area (Å²) in [5.74, 6) is 4.29. The van der Waals surface area contributed by atoms with Gasteiger partial charge in [-0.25, -0.2) is 0 Å². The van der Waals surface area contributed by atoms with E-state index in [0.29, 0.717) is 18.4 Å². The zero-order valence-electron chi connectivity index (χ0n) is 32.8. The molecule has 2 aliphatic rings. The summed E-state index contributed by atoms with van der Waals surface area (Å²) < 4.78 is 22.6. The molecule has 54 heavy (non-hydrogen) atoms. The molecular weight excluding hydrogens is 669 g/mol. The second-order valence-corrected chi connectivity index (χ2v) is 15.1.